The van der Waals surface area contributed by atoms with Gasteiger partial charge in [-0.2, -0.15) is 0 Å². The standard InChI is InChI=1S/C13H18FNO3/c1-4-17-13(16)8-18-12-6-5-10(7-11(12)14)9(2)15-3/h5-7,9,15H,4,8H2,1-3H3. The van der Waals surface area contributed by atoms with E-state index in [-0.39, 0.29) is 25.0 Å². The Balaban J connectivity index is 2.65. The van der Waals surface area contributed by atoms with E-state index >= 15 is 0 Å². The zero-order valence-corrected chi connectivity index (χ0v) is 10.8. The molecule has 1 unspecified atom stereocenters. The van der Waals surface area contributed by atoms with Crippen LogP contribution in [0.5, 0.6) is 5.75 Å². The average Bonchev–Trinajstić information content (AvgIpc) is 2.36. The first-order chi connectivity index (χ1) is 8.58. The van der Waals surface area contributed by atoms with Gasteiger partial charge in [0.25, 0.3) is 0 Å². The summed E-state index contributed by atoms with van der Waals surface area (Å²) in [7, 11) is 1.80. The second-order valence-corrected chi connectivity index (χ2v) is 3.79. The van der Waals surface area contributed by atoms with Crippen molar-refractivity contribution in [3.63, 3.8) is 0 Å². The molecule has 0 fully saturated rings. The first-order valence-corrected chi connectivity index (χ1v) is 5.83. The third-order valence-electron chi connectivity index (χ3n) is 2.54. The fraction of sp³-hybridized carbons (Fsp3) is 0.462. The minimum absolute atomic E-state index is 0.0510. The van der Waals surface area contributed by atoms with Crippen LogP contribution in [0.1, 0.15) is 25.5 Å². The van der Waals surface area contributed by atoms with Crippen molar-refractivity contribution in [3.8, 4) is 5.75 Å². The monoisotopic (exact) mass is 255 g/mol. The lowest BCUT2D eigenvalue weighted by molar-refractivity contribution is -0.145. The highest BCUT2D eigenvalue weighted by Gasteiger charge is 2.10. The number of halogens is 1. The summed E-state index contributed by atoms with van der Waals surface area (Å²) in [5.74, 6) is -0.946. The summed E-state index contributed by atoms with van der Waals surface area (Å²) in [4.78, 5) is 11.1. The summed E-state index contributed by atoms with van der Waals surface area (Å²) in [6.07, 6.45) is 0. The van der Waals surface area contributed by atoms with Crippen molar-refractivity contribution in [2.75, 3.05) is 20.3 Å². The molecule has 18 heavy (non-hydrogen) atoms. The van der Waals surface area contributed by atoms with Crippen LogP contribution in [0.3, 0.4) is 0 Å². The van der Waals surface area contributed by atoms with Gasteiger partial charge >= 0.3 is 5.97 Å². The number of rotatable bonds is 6. The van der Waals surface area contributed by atoms with E-state index in [4.69, 9.17) is 4.74 Å². The zero-order chi connectivity index (χ0) is 13.5. The van der Waals surface area contributed by atoms with Crippen LogP contribution in [0, 0.1) is 5.82 Å². The van der Waals surface area contributed by atoms with Crippen molar-refractivity contribution >= 4 is 5.97 Å². The summed E-state index contributed by atoms with van der Waals surface area (Å²) < 4.78 is 23.4. The quantitative estimate of drug-likeness (QED) is 0.790. The molecule has 0 aliphatic carbocycles. The van der Waals surface area contributed by atoms with E-state index in [1.165, 1.54) is 12.1 Å². The smallest absolute Gasteiger partial charge is 0.344 e. The number of benzene rings is 1. The van der Waals surface area contributed by atoms with Crippen molar-refractivity contribution in [3.05, 3.63) is 29.6 Å². The Morgan fingerprint density at radius 2 is 2.22 bits per heavy atom. The lowest BCUT2D eigenvalue weighted by Gasteiger charge is -2.12. The van der Waals surface area contributed by atoms with E-state index < -0.39 is 11.8 Å². The van der Waals surface area contributed by atoms with Gasteiger partial charge in [-0.25, -0.2) is 9.18 Å². The molecule has 0 saturated carbocycles. The number of carbonyl (C=O) groups excluding carboxylic acids is 1. The molecular formula is C13H18FNO3. The maximum absolute atomic E-state index is 13.7. The molecule has 0 bridgehead atoms. The molecule has 1 N–H and O–H groups in total. The van der Waals surface area contributed by atoms with E-state index in [0.717, 1.165) is 5.56 Å². The number of hydrogen-bond acceptors (Lipinski definition) is 4. The fourth-order valence-corrected chi connectivity index (χ4v) is 1.41. The van der Waals surface area contributed by atoms with Crippen LogP contribution in [-0.2, 0) is 9.53 Å². The molecule has 4 nitrogen and oxygen atoms in total. The number of carbonyl (C=O) groups is 1. The Bertz CT molecular complexity index is 409. The molecule has 5 heteroatoms. The van der Waals surface area contributed by atoms with Crippen LogP contribution >= 0.6 is 0 Å². The molecule has 0 radical (unpaired) electrons. The molecule has 1 atom stereocenters. The van der Waals surface area contributed by atoms with Crippen molar-refractivity contribution in [1.82, 2.24) is 5.32 Å². The van der Waals surface area contributed by atoms with Gasteiger partial charge in [0.05, 0.1) is 6.61 Å². The highest BCUT2D eigenvalue weighted by Crippen LogP contribution is 2.21. The van der Waals surface area contributed by atoms with Crippen LogP contribution in [-0.4, -0.2) is 26.2 Å². The van der Waals surface area contributed by atoms with E-state index in [2.05, 4.69) is 10.1 Å². The van der Waals surface area contributed by atoms with Crippen molar-refractivity contribution in [2.45, 2.75) is 19.9 Å². The maximum atomic E-state index is 13.7. The van der Waals surface area contributed by atoms with Gasteiger partial charge in [-0.3, -0.25) is 0 Å². The number of hydrogen-bond donors (Lipinski definition) is 1. The van der Waals surface area contributed by atoms with Crippen molar-refractivity contribution in [1.29, 1.82) is 0 Å². The molecule has 0 aromatic heterocycles. The van der Waals surface area contributed by atoms with E-state index in [1.54, 1.807) is 20.0 Å². The SMILES string of the molecule is CCOC(=O)COc1ccc(C(C)NC)cc1F. The summed E-state index contributed by atoms with van der Waals surface area (Å²) in [5, 5.41) is 3.01. The van der Waals surface area contributed by atoms with Crippen LogP contribution in [0.2, 0.25) is 0 Å². The summed E-state index contributed by atoms with van der Waals surface area (Å²) >= 11 is 0. The van der Waals surface area contributed by atoms with Crippen LogP contribution in [0.15, 0.2) is 18.2 Å². The van der Waals surface area contributed by atoms with E-state index in [0.29, 0.717) is 0 Å². The van der Waals surface area contributed by atoms with Crippen molar-refractivity contribution < 1.29 is 18.7 Å². The highest BCUT2D eigenvalue weighted by atomic mass is 19.1. The van der Waals surface area contributed by atoms with Gasteiger partial charge in [0.1, 0.15) is 0 Å². The molecule has 0 spiro atoms. The molecule has 0 aliphatic rings. The summed E-state index contributed by atoms with van der Waals surface area (Å²) in [6, 6.07) is 4.71. The Morgan fingerprint density at radius 3 is 2.78 bits per heavy atom. The van der Waals surface area contributed by atoms with E-state index in [9.17, 15) is 9.18 Å². The van der Waals surface area contributed by atoms with Crippen molar-refractivity contribution in [2.24, 2.45) is 0 Å². The van der Waals surface area contributed by atoms with Gasteiger partial charge in [0.2, 0.25) is 0 Å². The van der Waals surface area contributed by atoms with Gasteiger partial charge in [0.15, 0.2) is 18.2 Å². The van der Waals surface area contributed by atoms with Crippen LogP contribution in [0.4, 0.5) is 4.39 Å². The second kappa shape index (κ2) is 6.96. The first-order valence-electron chi connectivity index (χ1n) is 5.83. The third-order valence-corrected chi connectivity index (χ3v) is 2.54. The third kappa shape index (κ3) is 4.00. The maximum Gasteiger partial charge on any atom is 0.344 e. The molecule has 1 aromatic rings. The molecular weight excluding hydrogens is 237 g/mol. The molecule has 0 aliphatic heterocycles. The van der Waals surface area contributed by atoms with Crippen LogP contribution < -0.4 is 10.1 Å². The van der Waals surface area contributed by atoms with E-state index in [1.807, 2.05) is 6.92 Å². The summed E-state index contributed by atoms with van der Waals surface area (Å²) in [5.41, 5.74) is 0.818. The van der Waals surface area contributed by atoms with Gasteiger partial charge in [-0.05, 0) is 38.6 Å². The Kier molecular flexibility index (Phi) is 5.58. The molecule has 0 heterocycles. The van der Waals surface area contributed by atoms with Gasteiger partial charge in [0, 0.05) is 6.04 Å². The highest BCUT2D eigenvalue weighted by molar-refractivity contribution is 5.71. The summed E-state index contributed by atoms with van der Waals surface area (Å²) in [6.45, 7) is 3.62. The lowest BCUT2D eigenvalue weighted by atomic mass is 10.1. The number of esters is 1. The predicted molar refractivity (Wildman–Crippen MR) is 66.0 cm³/mol. The first kappa shape index (κ1) is 14.4. The molecule has 0 saturated heterocycles. The molecule has 1 rings (SSSR count). The average molecular weight is 255 g/mol. The van der Waals surface area contributed by atoms with Gasteiger partial charge in [-0.15, -0.1) is 0 Å². The predicted octanol–water partition coefficient (Wildman–Crippen LogP) is 2.05. The largest absolute Gasteiger partial charge is 0.479 e. The van der Waals surface area contributed by atoms with Crippen LogP contribution in [0.25, 0.3) is 0 Å². The molecule has 100 valence electrons. The van der Waals surface area contributed by atoms with Gasteiger partial charge in [-0.1, -0.05) is 6.07 Å². The fourth-order valence-electron chi connectivity index (χ4n) is 1.41. The zero-order valence-electron chi connectivity index (χ0n) is 10.8. The van der Waals surface area contributed by atoms with Gasteiger partial charge < -0.3 is 14.8 Å². The molecule has 0 amide bonds. The normalized spacial score (nSPS) is 12.0. The Morgan fingerprint density at radius 1 is 1.50 bits per heavy atom. The minimum Gasteiger partial charge on any atom is -0.479 e. The second-order valence-electron chi connectivity index (χ2n) is 3.79. The Labute approximate surface area is 106 Å². The minimum atomic E-state index is -0.510. The number of ether oxygens (including phenoxy) is 2. The topological polar surface area (TPSA) is 47.6 Å². The Hall–Kier alpha value is -1.62. The molecule has 1 aromatic carbocycles. The lowest BCUT2D eigenvalue weighted by Crippen LogP contribution is -2.15. The number of nitrogens with one attached hydrogen (secondary N) is 1.